The van der Waals surface area contributed by atoms with Crippen molar-refractivity contribution >= 4 is 34.4 Å². The lowest BCUT2D eigenvalue weighted by Crippen LogP contribution is -2.38. The van der Waals surface area contributed by atoms with E-state index in [-0.39, 0.29) is 11.8 Å². The lowest BCUT2D eigenvalue weighted by molar-refractivity contribution is -0.118. The molecule has 0 aliphatic carbocycles. The predicted molar refractivity (Wildman–Crippen MR) is 151 cm³/mol. The zero-order chi connectivity index (χ0) is 25.9. The van der Waals surface area contributed by atoms with Gasteiger partial charge in [-0.15, -0.1) is 0 Å². The normalized spacial score (nSPS) is 18.6. The molecule has 3 aromatic carbocycles. The number of hydrogen-bond acceptors (Lipinski definition) is 5. The van der Waals surface area contributed by atoms with Gasteiger partial charge in [0.1, 0.15) is 0 Å². The zero-order valence-corrected chi connectivity index (χ0v) is 21.7. The zero-order valence-electron chi connectivity index (χ0n) is 21.7. The minimum absolute atomic E-state index is 0.0354. The maximum Gasteiger partial charge on any atom is 0.232 e. The standard InChI is InChI=1S/C31H33N5O2/c1-22(35-14-16-38-17-15-35)25-12-10-24-11-13-26(19-32-29(24)18-25)31(37)34-28-8-5-9-30-27(28)20-33-36(30)21-23-6-3-2-4-7-23/h2-10,12,18-20,22,26H,11,13-17,21H2,1H3,(H,34,37). The van der Waals surface area contributed by atoms with Crippen LogP contribution in [0.3, 0.4) is 0 Å². The molecule has 2 aliphatic rings. The second-order valence-corrected chi connectivity index (χ2v) is 10.2. The molecule has 0 bridgehead atoms. The molecule has 2 atom stereocenters. The summed E-state index contributed by atoms with van der Waals surface area (Å²) < 4.78 is 7.48. The largest absolute Gasteiger partial charge is 0.379 e. The van der Waals surface area contributed by atoms with Gasteiger partial charge >= 0.3 is 0 Å². The van der Waals surface area contributed by atoms with Crippen LogP contribution >= 0.6 is 0 Å². The van der Waals surface area contributed by atoms with Crippen LogP contribution in [0.5, 0.6) is 0 Å². The number of aromatic nitrogens is 2. The Kier molecular flexibility index (Phi) is 7.03. The number of hydrogen-bond donors (Lipinski definition) is 1. The van der Waals surface area contributed by atoms with Crippen LogP contribution in [0.15, 0.2) is 77.9 Å². The van der Waals surface area contributed by atoms with Crippen LogP contribution in [-0.4, -0.2) is 53.1 Å². The molecule has 1 amide bonds. The van der Waals surface area contributed by atoms with Gasteiger partial charge in [0.2, 0.25) is 5.91 Å². The van der Waals surface area contributed by atoms with Gasteiger partial charge in [-0.25, -0.2) is 0 Å². The Balaban J connectivity index is 1.16. The van der Waals surface area contributed by atoms with Crippen molar-refractivity contribution < 1.29 is 9.53 Å². The van der Waals surface area contributed by atoms with Gasteiger partial charge in [-0.05, 0) is 54.7 Å². The highest BCUT2D eigenvalue weighted by molar-refractivity contribution is 6.07. The Morgan fingerprint density at radius 2 is 1.92 bits per heavy atom. The Hall–Kier alpha value is -3.81. The first-order valence-electron chi connectivity index (χ1n) is 13.4. The molecule has 0 spiro atoms. The van der Waals surface area contributed by atoms with Gasteiger partial charge in [-0.3, -0.25) is 19.4 Å². The molecule has 1 fully saturated rings. The number of aliphatic imine (C=N–C) groups is 1. The average Bonchev–Trinajstić information content (AvgIpc) is 3.24. The van der Waals surface area contributed by atoms with E-state index in [1.54, 1.807) is 0 Å². The van der Waals surface area contributed by atoms with Crippen LogP contribution in [0, 0.1) is 5.92 Å². The molecular weight excluding hydrogens is 474 g/mol. The van der Waals surface area contributed by atoms with Gasteiger partial charge < -0.3 is 10.1 Å². The summed E-state index contributed by atoms with van der Waals surface area (Å²) in [7, 11) is 0. The minimum Gasteiger partial charge on any atom is -0.379 e. The molecule has 3 heterocycles. The molecule has 4 aromatic rings. The smallest absolute Gasteiger partial charge is 0.232 e. The summed E-state index contributed by atoms with van der Waals surface area (Å²) in [4.78, 5) is 20.6. The molecule has 7 heteroatoms. The van der Waals surface area contributed by atoms with Crippen molar-refractivity contribution in [2.45, 2.75) is 32.4 Å². The fraction of sp³-hybridized carbons (Fsp3) is 0.323. The van der Waals surface area contributed by atoms with E-state index in [9.17, 15) is 4.79 Å². The number of rotatable bonds is 6. The number of amides is 1. The van der Waals surface area contributed by atoms with Crippen molar-refractivity contribution in [1.29, 1.82) is 0 Å². The van der Waals surface area contributed by atoms with E-state index < -0.39 is 0 Å². The summed E-state index contributed by atoms with van der Waals surface area (Å²) in [5.74, 6) is -0.330. The van der Waals surface area contributed by atoms with Crippen molar-refractivity contribution in [3.05, 3.63) is 89.6 Å². The van der Waals surface area contributed by atoms with Gasteiger partial charge in [0.25, 0.3) is 0 Å². The monoisotopic (exact) mass is 507 g/mol. The Morgan fingerprint density at radius 1 is 1.08 bits per heavy atom. The first-order valence-corrected chi connectivity index (χ1v) is 13.4. The highest BCUT2D eigenvalue weighted by atomic mass is 16.5. The second kappa shape index (κ2) is 10.9. The van der Waals surface area contributed by atoms with Gasteiger partial charge in [0, 0.05) is 30.7 Å². The third kappa shape index (κ3) is 5.12. The van der Waals surface area contributed by atoms with Gasteiger partial charge in [-0.2, -0.15) is 5.10 Å². The summed E-state index contributed by atoms with van der Waals surface area (Å²) in [6, 6.07) is 23.1. The lowest BCUT2D eigenvalue weighted by Gasteiger charge is -2.32. The number of fused-ring (bicyclic) bond motifs is 2. The number of benzene rings is 3. The van der Waals surface area contributed by atoms with Crippen molar-refractivity contribution in [3.63, 3.8) is 0 Å². The SMILES string of the molecule is CC(c1ccc2c(c1)N=CC(C(=O)Nc1cccc3c1cnn3Cc1ccccc1)CC2)N1CCOCC1. The summed E-state index contributed by atoms with van der Waals surface area (Å²) in [5, 5.41) is 8.69. The Morgan fingerprint density at radius 3 is 2.76 bits per heavy atom. The van der Waals surface area contributed by atoms with Crippen LogP contribution in [0.1, 0.15) is 36.1 Å². The average molecular weight is 508 g/mol. The highest BCUT2D eigenvalue weighted by Crippen LogP contribution is 2.31. The maximum atomic E-state index is 13.3. The molecule has 1 saturated heterocycles. The lowest BCUT2D eigenvalue weighted by atomic mass is 9.97. The first kappa shape index (κ1) is 24.5. The van der Waals surface area contributed by atoms with Gasteiger partial charge in [0.05, 0.1) is 48.8 Å². The summed E-state index contributed by atoms with van der Waals surface area (Å²) in [6.45, 7) is 6.38. The topological polar surface area (TPSA) is 71.8 Å². The number of morpholine rings is 1. The van der Waals surface area contributed by atoms with Crippen molar-refractivity contribution in [1.82, 2.24) is 14.7 Å². The second-order valence-electron chi connectivity index (χ2n) is 10.2. The molecule has 2 unspecified atom stereocenters. The molecular formula is C31H33N5O2. The maximum absolute atomic E-state index is 13.3. The van der Waals surface area contributed by atoms with E-state index in [1.807, 2.05) is 53.5 Å². The molecule has 2 aliphatic heterocycles. The van der Waals surface area contributed by atoms with E-state index in [0.29, 0.717) is 12.6 Å². The highest BCUT2D eigenvalue weighted by Gasteiger charge is 2.23. The summed E-state index contributed by atoms with van der Waals surface area (Å²) in [6.07, 6.45) is 5.20. The van der Waals surface area contributed by atoms with Crippen molar-refractivity contribution in [2.75, 3.05) is 31.6 Å². The summed E-state index contributed by atoms with van der Waals surface area (Å²) >= 11 is 0. The predicted octanol–water partition coefficient (Wildman–Crippen LogP) is 5.38. The third-order valence-electron chi connectivity index (χ3n) is 7.76. The van der Waals surface area contributed by atoms with Gasteiger partial charge in [0.15, 0.2) is 0 Å². The van der Waals surface area contributed by atoms with Crippen LogP contribution in [-0.2, 0) is 22.5 Å². The third-order valence-corrected chi connectivity index (χ3v) is 7.76. The number of nitrogens with one attached hydrogen (secondary N) is 1. The molecule has 38 heavy (non-hydrogen) atoms. The number of aryl methyl sites for hydroxylation is 1. The fourth-order valence-corrected chi connectivity index (χ4v) is 5.42. The van der Waals surface area contributed by atoms with Crippen molar-refractivity contribution in [3.8, 4) is 0 Å². The fourth-order valence-electron chi connectivity index (χ4n) is 5.42. The number of carbonyl (C=O) groups excluding carboxylic acids is 1. The number of ether oxygens (including phenoxy) is 1. The minimum atomic E-state index is -0.294. The number of carbonyl (C=O) groups is 1. The molecule has 1 aromatic heterocycles. The van der Waals surface area contributed by atoms with Crippen LogP contribution in [0.2, 0.25) is 0 Å². The van der Waals surface area contributed by atoms with Crippen LogP contribution in [0.25, 0.3) is 10.9 Å². The van der Waals surface area contributed by atoms with Crippen LogP contribution in [0.4, 0.5) is 11.4 Å². The number of anilines is 1. The van der Waals surface area contributed by atoms with E-state index >= 15 is 0 Å². The first-order chi connectivity index (χ1) is 18.7. The Labute approximate surface area is 223 Å². The molecule has 194 valence electrons. The Bertz CT molecular complexity index is 1460. The number of nitrogens with zero attached hydrogens (tertiary/aromatic N) is 4. The van der Waals surface area contributed by atoms with E-state index in [4.69, 9.17) is 9.73 Å². The molecule has 7 nitrogen and oxygen atoms in total. The summed E-state index contributed by atoms with van der Waals surface area (Å²) in [5.41, 5.74) is 6.38. The molecule has 1 N–H and O–H groups in total. The quantitative estimate of drug-likeness (QED) is 0.380. The van der Waals surface area contributed by atoms with Crippen molar-refractivity contribution in [2.24, 2.45) is 10.9 Å². The molecule has 0 radical (unpaired) electrons. The van der Waals surface area contributed by atoms with E-state index in [2.05, 4.69) is 52.6 Å². The van der Waals surface area contributed by atoms with E-state index in [0.717, 1.165) is 61.4 Å². The van der Waals surface area contributed by atoms with Gasteiger partial charge in [-0.1, -0.05) is 48.5 Å². The molecule has 0 saturated carbocycles. The van der Waals surface area contributed by atoms with E-state index in [1.165, 1.54) is 16.7 Å². The van der Waals surface area contributed by atoms with Crippen LogP contribution < -0.4 is 5.32 Å². The molecule has 6 rings (SSSR count).